The van der Waals surface area contributed by atoms with Crippen molar-refractivity contribution in [2.75, 3.05) is 18.8 Å². The molecule has 1 aliphatic heterocycles. The van der Waals surface area contributed by atoms with E-state index in [1.54, 1.807) is 9.58 Å². The molecule has 2 aromatic carbocycles. The molecule has 5 N–H and O–H groups in total. The molecular weight excluding hydrogens is 494 g/mol. The number of benzene rings is 2. The average Bonchev–Trinajstić information content (AvgIpc) is 3.66. The first-order chi connectivity index (χ1) is 18.9. The zero-order valence-corrected chi connectivity index (χ0v) is 21.9. The normalized spacial score (nSPS) is 17.4. The Hall–Kier alpha value is -4.60. The van der Waals surface area contributed by atoms with Gasteiger partial charge in [0.2, 0.25) is 6.41 Å². The maximum absolute atomic E-state index is 12.7. The summed E-state index contributed by atoms with van der Waals surface area (Å²) in [6, 6.07) is 16.8. The molecule has 2 aliphatic rings. The Kier molecular flexibility index (Phi) is 7.62. The molecule has 1 saturated heterocycles. The van der Waals surface area contributed by atoms with Gasteiger partial charge in [-0.05, 0) is 74.9 Å². The summed E-state index contributed by atoms with van der Waals surface area (Å²) in [5.41, 5.74) is 13.9. The van der Waals surface area contributed by atoms with Crippen molar-refractivity contribution in [3.8, 4) is 22.8 Å². The average molecular weight is 528 g/mol. The minimum atomic E-state index is -0.361. The van der Waals surface area contributed by atoms with E-state index in [4.69, 9.17) is 21.3 Å². The number of nitrogen functional groups attached to an aromatic ring is 1. The first-order valence-corrected chi connectivity index (χ1v) is 13.2. The van der Waals surface area contributed by atoms with Crippen LogP contribution in [-0.4, -0.2) is 44.4 Å². The summed E-state index contributed by atoms with van der Waals surface area (Å²) >= 11 is 0. The summed E-state index contributed by atoms with van der Waals surface area (Å²) in [7, 11) is 0. The van der Waals surface area contributed by atoms with E-state index >= 15 is 0 Å². The molecule has 2 aromatic heterocycles. The van der Waals surface area contributed by atoms with Crippen LogP contribution in [0.1, 0.15) is 38.6 Å². The lowest BCUT2D eigenvalue weighted by Crippen LogP contribution is -2.36. The smallest absolute Gasteiger partial charge is 0.290 e. The van der Waals surface area contributed by atoms with Gasteiger partial charge in [0.05, 0.1) is 11.4 Å². The molecule has 1 amide bonds. The Morgan fingerprint density at radius 2 is 1.79 bits per heavy atom. The Morgan fingerprint density at radius 3 is 2.44 bits per heavy atom. The fraction of sp³-hybridized carbons (Fsp3) is 0.310. The van der Waals surface area contributed by atoms with Gasteiger partial charge in [-0.2, -0.15) is 10.2 Å². The number of piperidine rings is 1. The van der Waals surface area contributed by atoms with Crippen molar-refractivity contribution in [1.82, 2.24) is 24.9 Å². The molecule has 4 aromatic rings. The quantitative estimate of drug-likeness (QED) is 0.318. The van der Waals surface area contributed by atoms with Crippen LogP contribution >= 0.6 is 0 Å². The number of nitrogens with zero attached hydrogens (tertiary/aromatic N) is 4. The van der Waals surface area contributed by atoms with Gasteiger partial charge in [-0.1, -0.05) is 24.3 Å². The van der Waals surface area contributed by atoms with Gasteiger partial charge in [0, 0.05) is 24.4 Å². The summed E-state index contributed by atoms with van der Waals surface area (Å²) in [6.07, 6.45) is 7.34. The predicted molar refractivity (Wildman–Crippen MR) is 151 cm³/mol. The molecule has 0 radical (unpaired) electrons. The van der Waals surface area contributed by atoms with E-state index in [9.17, 15) is 9.59 Å². The van der Waals surface area contributed by atoms with Gasteiger partial charge >= 0.3 is 0 Å². The molecule has 0 spiro atoms. The number of nitrogens with two attached hydrogens (primary N) is 2. The highest BCUT2D eigenvalue weighted by atomic mass is 16.5. The van der Waals surface area contributed by atoms with Gasteiger partial charge in [-0.3, -0.25) is 14.3 Å². The molecule has 39 heavy (non-hydrogen) atoms. The lowest BCUT2D eigenvalue weighted by molar-refractivity contribution is -0.119. The SMILES string of the molecule is C/C(N)=C/C1CC1.Nc1n[nH]c(=O)c2c1c(-c1ccc(Oc3ccccc3)cc1)nn2C1CCCN(C=O)C1. The van der Waals surface area contributed by atoms with Crippen molar-refractivity contribution in [1.29, 1.82) is 0 Å². The van der Waals surface area contributed by atoms with E-state index in [1.807, 2.05) is 61.5 Å². The largest absolute Gasteiger partial charge is 0.457 e. The van der Waals surface area contributed by atoms with Crippen molar-refractivity contribution in [2.24, 2.45) is 11.7 Å². The van der Waals surface area contributed by atoms with Crippen molar-refractivity contribution in [3.05, 3.63) is 76.7 Å². The summed E-state index contributed by atoms with van der Waals surface area (Å²) in [5, 5.41) is 11.7. The molecule has 10 nitrogen and oxygen atoms in total. The molecule has 3 heterocycles. The van der Waals surface area contributed by atoms with Crippen molar-refractivity contribution in [2.45, 2.75) is 38.6 Å². The van der Waals surface area contributed by atoms with Crippen LogP contribution in [0.3, 0.4) is 0 Å². The molecule has 1 atom stereocenters. The van der Waals surface area contributed by atoms with Crippen LogP contribution in [0.15, 0.2) is 71.2 Å². The number of H-pyrrole nitrogens is 1. The van der Waals surface area contributed by atoms with Crippen LogP contribution in [-0.2, 0) is 4.79 Å². The van der Waals surface area contributed by atoms with E-state index in [2.05, 4.69) is 16.3 Å². The van der Waals surface area contributed by atoms with E-state index < -0.39 is 0 Å². The summed E-state index contributed by atoms with van der Waals surface area (Å²) in [6.45, 7) is 3.14. The molecule has 1 unspecified atom stereocenters. The summed E-state index contributed by atoms with van der Waals surface area (Å²) in [5.74, 6) is 2.46. The number of carbonyl (C=O) groups is 1. The van der Waals surface area contributed by atoms with Crippen LogP contribution in [0, 0.1) is 5.92 Å². The number of carbonyl (C=O) groups excluding carboxylic acids is 1. The third kappa shape index (κ3) is 6.11. The van der Waals surface area contributed by atoms with Crippen molar-refractivity contribution in [3.63, 3.8) is 0 Å². The highest BCUT2D eigenvalue weighted by Gasteiger charge is 2.27. The molecule has 1 aliphatic carbocycles. The van der Waals surface area contributed by atoms with Crippen molar-refractivity contribution < 1.29 is 9.53 Å². The van der Waals surface area contributed by atoms with Gasteiger partial charge in [0.25, 0.3) is 5.56 Å². The Labute approximate surface area is 226 Å². The monoisotopic (exact) mass is 527 g/mol. The fourth-order valence-corrected chi connectivity index (χ4v) is 4.80. The maximum Gasteiger partial charge on any atom is 0.290 e. The molecule has 0 bridgehead atoms. The van der Waals surface area contributed by atoms with E-state index in [1.165, 1.54) is 12.8 Å². The first-order valence-electron chi connectivity index (χ1n) is 13.2. The van der Waals surface area contributed by atoms with Gasteiger partial charge in [-0.25, -0.2) is 5.10 Å². The third-order valence-corrected chi connectivity index (χ3v) is 6.81. The molecular formula is C29H33N7O3. The number of hydrogen-bond donors (Lipinski definition) is 3. The number of aromatic nitrogens is 4. The second-order valence-corrected chi connectivity index (χ2v) is 10.0. The minimum absolute atomic E-state index is 0.117. The van der Waals surface area contributed by atoms with E-state index in [0.717, 1.165) is 42.2 Å². The van der Waals surface area contributed by atoms with Crippen LogP contribution in [0.2, 0.25) is 0 Å². The highest BCUT2D eigenvalue weighted by molar-refractivity contribution is 5.99. The molecule has 6 rings (SSSR count). The molecule has 2 fully saturated rings. The molecule has 1 saturated carbocycles. The number of anilines is 1. The van der Waals surface area contributed by atoms with Crippen LogP contribution in [0.5, 0.6) is 11.5 Å². The number of fused-ring (bicyclic) bond motifs is 1. The first kappa shape index (κ1) is 26.0. The zero-order chi connectivity index (χ0) is 27.4. The third-order valence-electron chi connectivity index (χ3n) is 6.81. The Bertz CT molecular complexity index is 1520. The number of ether oxygens (including phenoxy) is 1. The number of allylic oxidation sites excluding steroid dienone is 2. The highest BCUT2D eigenvalue weighted by Crippen LogP contribution is 2.34. The number of hydrogen-bond acceptors (Lipinski definition) is 7. The fourth-order valence-electron chi connectivity index (χ4n) is 4.80. The Balaban J connectivity index is 0.000000384. The second-order valence-electron chi connectivity index (χ2n) is 10.0. The van der Waals surface area contributed by atoms with Crippen molar-refractivity contribution >= 4 is 23.1 Å². The van der Waals surface area contributed by atoms with Gasteiger partial charge in [-0.15, -0.1) is 0 Å². The number of likely N-dealkylation sites (tertiary alicyclic amines) is 1. The van der Waals surface area contributed by atoms with Crippen LogP contribution in [0.4, 0.5) is 5.82 Å². The number of para-hydroxylation sites is 1. The second kappa shape index (κ2) is 11.4. The summed E-state index contributed by atoms with van der Waals surface area (Å²) < 4.78 is 7.57. The lowest BCUT2D eigenvalue weighted by atomic mass is 10.1. The lowest BCUT2D eigenvalue weighted by Gasteiger charge is -2.30. The van der Waals surface area contributed by atoms with Crippen LogP contribution < -0.4 is 21.8 Å². The minimum Gasteiger partial charge on any atom is -0.457 e. The topological polar surface area (TPSA) is 145 Å². The number of rotatable bonds is 6. The summed E-state index contributed by atoms with van der Waals surface area (Å²) in [4.78, 5) is 25.7. The number of nitrogens with one attached hydrogen (secondary N) is 1. The number of amides is 1. The standard InChI is InChI=1S/C23H22N6O3.C6H11N/c24-22-19-20(15-8-10-18(11-9-15)32-17-6-2-1-3-7-17)27-29(21(19)23(31)26-25-22)16-5-4-12-28(13-16)14-30;1-5(7)4-6-2-3-6/h1-3,6-11,14,16H,4-5,12-13H2,(H2,24,25)(H,26,31);4,6H,2-3,7H2,1H3/b;5-4-. The van der Waals surface area contributed by atoms with Gasteiger partial charge in [0.15, 0.2) is 5.82 Å². The molecule has 10 heteroatoms. The van der Waals surface area contributed by atoms with Crippen LogP contribution in [0.25, 0.3) is 22.2 Å². The maximum atomic E-state index is 12.7. The predicted octanol–water partition coefficient (Wildman–Crippen LogP) is 4.21. The van der Waals surface area contributed by atoms with E-state index in [0.29, 0.717) is 35.4 Å². The number of aromatic amines is 1. The molecule has 202 valence electrons. The Morgan fingerprint density at radius 1 is 1.08 bits per heavy atom. The van der Waals surface area contributed by atoms with Gasteiger partial charge < -0.3 is 21.1 Å². The van der Waals surface area contributed by atoms with E-state index in [-0.39, 0.29) is 17.4 Å². The zero-order valence-electron chi connectivity index (χ0n) is 21.9. The van der Waals surface area contributed by atoms with Gasteiger partial charge in [0.1, 0.15) is 22.7 Å².